The number of aliphatic carboxylic acids is 1. The van der Waals surface area contributed by atoms with Gasteiger partial charge in [0.1, 0.15) is 17.1 Å². The lowest BCUT2D eigenvalue weighted by atomic mass is 10.0. The van der Waals surface area contributed by atoms with E-state index in [4.69, 9.17) is 0 Å². The van der Waals surface area contributed by atoms with E-state index in [9.17, 15) is 19.5 Å². The van der Waals surface area contributed by atoms with Crippen molar-refractivity contribution < 1.29 is 19.5 Å². The first-order valence-corrected chi connectivity index (χ1v) is 10.7. The normalized spacial score (nSPS) is 21.1. The van der Waals surface area contributed by atoms with Gasteiger partial charge in [0.05, 0.1) is 6.42 Å². The van der Waals surface area contributed by atoms with Gasteiger partial charge in [0.2, 0.25) is 5.91 Å². The highest BCUT2D eigenvalue weighted by Gasteiger charge is 2.54. The van der Waals surface area contributed by atoms with Gasteiger partial charge in [-0.2, -0.15) is 0 Å². The zero-order valence-corrected chi connectivity index (χ0v) is 16.5. The van der Waals surface area contributed by atoms with Crippen molar-refractivity contribution in [2.75, 3.05) is 5.75 Å². The third-order valence-corrected chi connectivity index (χ3v) is 6.96. The molecule has 144 valence electrons. The minimum Gasteiger partial charge on any atom is -0.477 e. The van der Waals surface area contributed by atoms with Crippen LogP contribution in [0.3, 0.4) is 0 Å². The molecule has 8 heteroatoms. The number of β-lactam (4-membered cyclic amide) rings is 1. The third kappa shape index (κ3) is 3.57. The molecule has 28 heavy (non-hydrogen) atoms. The largest absolute Gasteiger partial charge is 0.477 e. The van der Waals surface area contributed by atoms with E-state index < -0.39 is 12.0 Å². The minimum absolute atomic E-state index is 0.0655. The van der Waals surface area contributed by atoms with Gasteiger partial charge < -0.3 is 10.4 Å². The number of hydrogen-bond acceptors (Lipinski definition) is 5. The predicted octanol–water partition coefficient (Wildman–Crippen LogP) is 2.27. The Balaban J connectivity index is 1.47. The quantitative estimate of drug-likeness (QED) is 0.708. The van der Waals surface area contributed by atoms with Crippen molar-refractivity contribution in [3.8, 4) is 0 Å². The van der Waals surface area contributed by atoms with Gasteiger partial charge in [-0.3, -0.25) is 14.5 Å². The molecule has 2 amide bonds. The summed E-state index contributed by atoms with van der Waals surface area (Å²) in [6.07, 6.45) is 0.709. The van der Waals surface area contributed by atoms with Crippen molar-refractivity contribution in [3.05, 3.63) is 69.6 Å². The number of thioether (sulfide) groups is 1. The first-order valence-electron chi connectivity index (χ1n) is 8.80. The van der Waals surface area contributed by atoms with Crippen LogP contribution in [0.5, 0.6) is 0 Å². The number of nitrogens with zero attached hydrogens (tertiary/aromatic N) is 1. The van der Waals surface area contributed by atoms with E-state index in [1.807, 2.05) is 47.8 Å². The molecule has 1 saturated heterocycles. The van der Waals surface area contributed by atoms with Crippen LogP contribution in [-0.4, -0.2) is 45.0 Å². The number of hydrogen-bond donors (Lipinski definition) is 2. The van der Waals surface area contributed by atoms with E-state index >= 15 is 0 Å². The summed E-state index contributed by atoms with van der Waals surface area (Å²) in [5.74, 6) is -1.17. The second-order valence-electron chi connectivity index (χ2n) is 6.63. The van der Waals surface area contributed by atoms with Crippen LogP contribution in [0.4, 0.5) is 0 Å². The highest BCUT2D eigenvalue weighted by molar-refractivity contribution is 8.00. The molecule has 2 aliphatic rings. The van der Waals surface area contributed by atoms with E-state index in [0.717, 1.165) is 16.0 Å². The molecule has 0 radical (unpaired) electrons. The number of carboxylic acids is 1. The van der Waals surface area contributed by atoms with Crippen molar-refractivity contribution in [2.24, 2.45) is 0 Å². The number of carboxylic acid groups (broad SMARTS) is 1. The molecule has 2 aliphatic heterocycles. The van der Waals surface area contributed by atoms with E-state index in [-0.39, 0.29) is 29.3 Å². The molecule has 3 heterocycles. The van der Waals surface area contributed by atoms with Crippen LogP contribution in [0.1, 0.15) is 10.4 Å². The summed E-state index contributed by atoms with van der Waals surface area (Å²) in [6.45, 7) is 0. The Hall–Kier alpha value is -2.58. The van der Waals surface area contributed by atoms with Crippen LogP contribution in [-0.2, 0) is 27.2 Å². The molecule has 0 aliphatic carbocycles. The zero-order chi connectivity index (χ0) is 19.7. The molecule has 6 nitrogen and oxygen atoms in total. The molecule has 0 bridgehead atoms. The van der Waals surface area contributed by atoms with E-state index in [1.54, 1.807) is 11.3 Å². The predicted molar refractivity (Wildman–Crippen MR) is 108 cm³/mol. The van der Waals surface area contributed by atoms with Gasteiger partial charge in [0.25, 0.3) is 5.91 Å². The van der Waals surface area contributed by atoms with Crippen LogP contribution >= 0.6 is 23.1 Å². The number of nitrogens with one attached hydrogen (secondary N) is 1. The SMILES string of the molecule is O=C(Cc1ccccc1)N[C@@H]1C(=O)N2C(C(=O)O)=C(Cc3cccs3)CS[C@H]12. The minimum atomic E-state index is -1.10. The van der Waals surface area contributed by atoms with Crippen molar-refractivity contribution in [3.63, 3.8) is 0 Å². The van der Waals surface area contributed by atoms with Crippen molar-refractivity contribution in [2.45, 2.75) is 24.3 Å². The summed E-state index contributed by atoms with van der Waals surface area (Å²) in [5, 5.41) is 14.0. The number of carbonyl (C=O) groups excluding carboxylic acids is 2. The molecule has 2 atom stereocenters. The number of rotatable bonds is 6. The van der Waals surface area contributed by atoms with Gasteiger partial charge in [0, 0.05) is 17.1 Å². The highest BCUT2D eigenvalue weighted by atomic mass is 32.2. The first-order chi connectivity index (χ1) is 13.5. The smallest absolute Gasteiger partial charge is 0.352 e. The Morgan fingerprint density at radius 2 is 1.96 bits per heavy atom. The number of fused-ring (bicyclic) bond motifs is 1. The standard InChI is InChI=1S/C20H18N2O4S2/c23-15(9-12-5-2-1-3-6-12)21-16-18(24)22-17(20(25)26)13(11-28-19(16)22)10-14-7-4-8-27-14/h1-8,16,19H,9-11H2,(H,21,23)(H,25,26)/t16-,19-/m1/s1. The zero-order valence-electron chi connectivity index (χ0n) is 14.8. The fraction of sp³-hybridized carbons (Fsp3) is 0.250. The summed E-state index contributed by atoms with van der Waals surface area (Å²) in [6, 6.07) is 12.5. The molecule has 0 spiro atoms. The third-order valence-electron chi connectivity index (χ3n) is 4.74. The molecule has 1 fully saturated rings. The molecule has 2 aromatic rings. The highest BCUT2D eigenvalue weighted by Crippen LogP contribution is 2.41. The number of carbonyl (C=O) groups is 3. The van der Waals surface area contributed by atoms with Crippen molar-refractivity contribution in [1.82, 2.24) is 10.2 Å². The van der Waals surface area contributed by atoms with Crippen LogP contribution in [0.2, 0.25) is 0 Å². The second-order valence-corrected chi connectivity index (χ2v) is 8.77. The average Bonchev–Trinajstić information content (AvgIpc) is 3.19. The first kappa shape index (κ1) is 18.8. The fourth-order valence-corrected chi connectivity index (χ4v) is 5.54. The Morgan fingerprint density at radius 3 is 2.64 bits per heavy atom. The summed E-state index contributed by atoms with van der Waals surface area (Å²) < 4.78 is 0. The van der Waals surface area contributed by atoms with Crippen LogP contribution < -0.4 is 5.32 Å². The van der Waals surface area contributed by atoms with Crippen molar-refractivity contribution >= 4 is 40.9 Å². The molecule has 1 aromatic heterocycles. The number of thiophene rings is 1. The van der Waals surface area contributed by atoms with Gasteiger partial charge in [-0.05, 0) is 22.6 Å². The van der Waals surface area contributed by atoms with Crippen molar-refractivity contribution in [1.29, 1.82) is 0 Å². The number of amides is 2. The average molecular weight is 415 g/mol. The van der Waals surface area contributed by atoms with Crippen LogP contribution in [0.15, 0.2) is 59.1 Å². The Labute approximate surface area is 170 Å². The van der Waals surface area contributed by atoms with Crippen LogP contribution in [0.25, 0.3) is 0 Å². The van der Waals surface area contributed by atoms with Gasteiger partial charge in [-0.25, -0.2) is 4.79 Å². The van der Waals surface area contributed by atoms with E-state index in [2.05, 4.69) is 5.32 Å². The van der Waals surface area contributed by atoms with Gasteiger partial charge >= 0.3 is 5.97 Å². The Morgan fingerprint density at radius 1 is 1.18 bits per heavy atom. The molecule has 2 N–H and O–H groups in total. The Bertz CT molecular complexity index is 940. The maximum atomic E-state index is 12.6. The van der Waals surface area contributed by atoms with Gasteiger partial charge in [-0.15, -0.1) is 23.1 Å². The van der Waals surface area contributed by atoms with Gasteiger partial charge in [0.15, 0.2) is 0 Å². The number of benzene rings is 1. The second kappa shape index (κ2) is 7.81. The lowest BCUT2D eigenvalue weighted by molar-refractivity contribution is -0.150. The van der Waals surface area contributed by atoms with Crippen LogP contribution in [0, 0.1) is 0 Å². The molecule has 4 rings (SSSR count). The maximum absolute atomic E-state index is 12.6. The summed E-state index contributed by atoms with van der Waals surface area (Å²) in [7, 11) is 0. The topological polar surface area (TPSA) is 86.7 Å². The molecule has 0 unspecified atom stereocenters. The van der Waals surface area contributed by atoms with E-state index in [0.29, 0.717) is 12.2 Å². The summed E-state index contributed by atoms with van der Waals surface area (Å²) in [4.78, 5) is 39.2. The summed E-state index contributed by atoms with van der Waals surface area (Å²) >= 11 is 3.06. The molecule has 0 saturated carbocycles. The molecular weight excluding hydrogens is 396 g/mol. The van der Waals surface area contributed by atoms with Gasteiger partial charge in [-0.1, -0.05) is 36.4 Å². The lowest BCUT2D eigenvalue weighted by Crippen LogP contribution is -2.70. The Kier molecular flexibility index (Phi) is 5.23. The monoisotopic (exact) mass is 414 g/mol. The van der Waals surface area contributed by atoms with E-state index in [1.165, 1.54) is 16.7 Å². The summed E-state index contributed by atoms with van der Waals surface area (Å²) in [5.41, 5.74) is 1.67. The maximum Gasteiger partial charge on any atom is 0.352 e. The molecule has 1 aromatic carbocycles. The lowest BCUT2D eigenvalue weighted by Gasteiger charge is -2.49. The fourth-order valence-electron chi connectivity index (χ4n) is 3.45. The molecular formula is C20H18N2O4S2.